The number of carbonyl (C=O) groups excluding carboxylic acids is 2. The lowest BCUT2D eigenvalue weighted by Crippen LogP contribution is -2.30. The molecule has 1 amide bonds. The summed E-state index contributed by atoms with van der Waals surface area (Å²) in [4.78, 5) is 26.4. The number of hydrogen-bond donors (Lipinski definition) is 1. The fourth-order valence-corrected chi connectivity index (χ4v) is 3.83. The first kappa shape index (κ1) is 21.5. The smallest absolute Gasteiger partial charge is 0.340 e. The second kappa shape index (κ2) is 9.55. The fraction of sp³-hybridized carbons (Fsp3) is 0.200. The molecule has 0 saturated carbocycles. The summed E-state index contributed by atoms with van der Waals surface area (Å²) in [7, 11) is 0. The molecule has 0 saturated heterocycles. The predicted molar refractivity (Wildman–Crippen MR) is 123 cm³/mol. The van der Waals surface area contributed by atoms with Crippen LogP contribution >= 0.6 is 11.3 Å². The lowest BCUT2D eigenvalue weighted by Gasteiger charge is -2.17. The minimum atomic E-state index is -0.933. The molecule has 4 nitrogen and oxygen atoms in total. The number of esters is 1. The Kier molecular flexibility index (Phi) is 6.85. The molecule has 0 fully saturated rings. The van der Waals surface area contributed by atoms with Crippen molar-refractivity contribution >= 4 is 40.5 Å². The first-order valence-corrected chi connectivity index (χ1v) is 10.6. The molecule has 3 aromatic rings. The number of benzene rings is 2. The van der Waals surface area contributed by atoms with E-state index in [1.807, 2.05) is 80.7 Å². The number of thiophene rings is 1. The van der Waals surface area contributed by atoms with Gasteiger partial charge < -0.3 is 10.1 Å². The zero-order valence-corrected chi connectivity index (χ0v) is 18.4. The Balaban J connectivity index is 1.79. The van der Waals surface area contributed by atoms with Gasteiger partial charge in [0.1, 0.15) is 0 Å². The average Bonchev–Trinajstić information content (AvgIpc) is 3.23. The Bertz CT molecular complexity index is 1060. The van der Waals surface area contributed by atoms with Crippen molar-refractivity contribution in [1.82, 2.24) is 0 Å². The Morgan fingerprint density at radius 3 is 2.33 bits per heavy atom. The number of ether oxygens (including phenoxy) is 1. The summed E-state index contributed by atoms with van der Waals surface area (Å²) < 4.78 is 5.54. The molecule has 0 aliphatic carbocycles. The van der Waals surface area contributed by atoms with Gasteiger partial charge in [0.15, 0.2) is 6.10 Å². The number of hydrogen-bond acceptors (Lipinski definition) is 4. The highest BCUT2D eigenvalue weighted by Gasteiger charge is 2.23. The lowest BCUT2D eigenvalue weighted by molar-refractivity contribution is -0.147. The van der Waals surface area contributed by atoms with Gasteiger partial charge in [0.05, 0.1) is 5.57 Å². The molecule has 0 spiro atoms. The molecule has 0 radical (unpaired) electrons. The van der Waals surface area contributed by atoms with Gasteiger partial charge in [-0.15, -0.1) is 11.3 Å². The maximum absolute atomic E-state index is 13.0. The van der Waals surface area contributed by atoms with Crippen molar-refractivity contribution in [2.45, 2.75) is 33.8 Å². The maximum atomic E-state index is 13.0. The van der Waals surface area contributed by atoms with Crippen LogP contribution < -0.4 is 5.32 Å². The van der Waals surface area contributed by atoms with Gasteiger partial charge >= 0.3 is 5.97 Å². The second-order valence-corrected chi connectivity index (χ2v) is 8.20. The van der Waals surface area contributed by atoms with Crippen LogP contribution in [0, 0.1) is 20.8 Å². The average molecular weight is 420 g/mol. The van der Waals surface area contributed by atoms with Crippen molar-refractivity contribution in [2.75, 3.05) is 5.32 Å². The normalized spacial score (nSPS) is 12.3. The molecule has 154 valence electrons. The third kappa shape index (κ3) is 5.24. The quantitative estimate of drug-likeness (QED) is 0.407. The van der Waals surface area contributed by atoms with E-state index in [1.54, 1.807) is 13.0 Å². The topological polar surface area (TPSA) is 55.4 Å². The standard InChI is InChI=1S/C25H25NO3S/c1-16-8-5-11-20(14-16)15-21(22-12-7-13-30-22)25(28)29-19(4)24(27)26-23-17(2)9-6-10-18(23)3/h5-15,19H,1-4H3,(H,26,27)/b21-15+/t19-/m0/s1. The number of carbonyl (C=O) groups is 2. The van der Waals surface area contributed by atoms with E-state index < -0.39 is 12.1 Å². The molecular weight excluding hydrogens is 394 g/mol. The van der Waals surface area contributed by atoms with Crippen LogP contribution in [0.1, 0.15) is 34.1 Å². The molecule has 1 heterocycles. The minimum Gasteiger partial charge on any atom is -0.449 e. The van der Waals surface area contributed by atoms with Gasteiger partial charge in [0.2, 0.25) is 0 Å². The highest BCUT2D eigenvalue weighted by molar-refractivity contribution is 7.11. The molecule has 0 aliphatic rings. The first-order chi connectivity index (χ1) is 14.3. The summed E-state index contributed by atoms with van der Waals surface area (Å²) in [6.45, 7) is 7.44. The van der Waals surface area contributed by atoms with Crippen molar-refractivity contribution in [1.29, 1.82) is 0 Å². The van der Waals surface area contributed by atoms with Gasteiger partial charge in [0, 0.05) is 10.6 Å². The number of rotatable bonds is 6. The van der Waals surface area contributed by atoms with Gasteiger partial charge in [0.25, 0.3) is 5.91 Å². The molecule has 0 aliphatic heterocycles. The third-order valence-corrected chi connectivity index (χ3v) is 5.65. The molecule has 3 rings (SSSR count). The third-order valence-electron chi connectivity index (χ3n) is 4.74. The van der Waals surface area contributed by atoms with Crippen LogP contribution in [-0.4, -0.2) is 18.0 Å². The molecule has 0 unspecified atom stereocenters. The summed E-state index contributed by atoms with van der Waals surface area (Å²) >= 11 is 1.46. The Labute approximate surface area is 181 Å². The van der Waals surface area contributed by atoms with E-state index >= 15 is 0 Å². The van der Waals surface area contributed by atoms with E-state index in [0.29, 0.717) is 5.57 Å². The molecule has 1 aromatic heterocycles. The highest BCUT2D eigenvalue weighted by Crippen LogP contribution is 2.26. The van der Waals surface area contributed by atoms with E-state index in [4.69, 9.17) is 4.74 Å². The summed E-state index contributed by atoms with van der Waals surface area (Å²) in [5, 5.41) is 4.79. The first-order valence-electron chi connectivity index (χ1n) is 9.75. The molecule has 0 bridgehead atoms. The van der Waals surface area contributed by atoms with Crippen molar-refractivity contribution < 1.29 is 14.3 Å². The molecule has 2 aromatic carbocycles. The van der Waals surface area contributed by atoms with Gasteiger partial charge in [-0.2, -0.15) is 0 Å². The number of aryl methyl sites for hydroxylation is 3. The minimum absolute atomic E-state index is 0.359. The fourth-order valence-electron chi connectivity index (χ4n) is 3.10. The molecule has 1 N–H and O–H groups in total. The monoisotopic (exact) mass is 419 g/mol. The second-order valence-electron chi connectivity index (χ2n) is 7.25. The summed E-state index contributed by atoms with van der Waals surface area (Å²) in [6, 6.07) is 17.4. The van der Waals surface area contributed by atoms with E-state index in [9.17, 15) is 9.59 Å². The van der Waals surface area contributed by atoms with Crippen LogP contribution in [0.15, 0.2) is 60.0 Å². The van der Waals surface area contributed by atoms with Crippen LogP contribution in [0.5, 0.6) is 0 Å². The highest BCUT2D eigenvalue weighted by atomic mass is 32.1. The Morgan fingerprint density at radius 2 is 1.70 bits per heavy atom. The Hall–Kier alpha value is -3.18. The molecule has 1 atom stereocenters. The van der Waals surface area contributed by atoms with Crippen LogP contribution in [0.25, 0.3) is 11.6 Å². The van der Waals surface area contributed by atoms with E-state index in [1.165, 1.54) is 11.3 Å². The summed E-state index contributed by atoms with van der Waals surface area (Å²) in [6.07, 6.45) is 0.870. The van der Waals surface area contributed by atoms with Crippen LogP contribution in [0.3, 0.4) is 0 Å². The van der Waals surface area contributed by atoms with Crippen molar-refractivity contribution in [3.8, 4) is 0 Å². The zero-order valence-electron chi connectivity index (χ0n) is 17.6. The van der Waals surface area contributed by atoms with Crippen molar-refractivity contribution in [3.63, 3.8) is 0 Å². The van der Waals surface area contributed by atoms with Crippen molar-refractivity contribution in [3.05, 3.63) is 87.1 Å². The summed E-state index contributed by atoms with van der Waals surface area (Å²) in [5.41, 5.74) is 5.11. The summed E-state index contributed by atoms with van der Waals surface area (Å²) in [5.74, 6) is -0.884. The molecule has 30 heavy (non-hydrogen) atoms. The van der Waals surface area contributed by atoms with Gasteiger partial charge in [-0.1, -0.05) is 54.1 Å². The SMILES string of the molecule is Cc1cccc(/C=C(/C(=O)O[C@@H](C)C(=O)Nc2c(C)cccc2C)c2cccs2)c1. The van der Waals surface area contributed by atoms with Gasteiger partial charge in [-0.25, -0.2) is 4.79 Å². The number of anilines is 1. The maximum Gasteiger partial charge on any atom is 0.340 e. The molecular formula is C25H25NO3S. The number of amides is 1. The zero-order chi connectivity index (χ0) is 21.7. The van der Waals surface area contributed by atoms with E-state index in [0.717, 1.165) is 32.8 Å². The van der Waals surface area contributed by atoms with Crippen LogP contribution in [0.4, 0.5) is 5.69 Å². The largest absolute Gasteiger partial charge is 0.449 e. The molecule has 5 heteroatoms. The number of nitrogens with one attached hydrogen (secondary N) is 1. The lowest BCUT2D eigenvalue weighted by atomic mass is 10.1. The van der Waals surface area contributed by atoms with E-state index in [-0.39, 0.29) is 5.91 Å². The van der Waals surface area contributed by atoms with Crippen molar-refractivity contribution in [2.24, 2.45) is 0 Å². The predicted octanol–water partition coefficient (Wildman–Crippen LogP) is 5.78. The van der Waals surface area contributed by atoms with E-state index in [2.05, 4.69) is 5.32 Å². The Morgan fingerprint density at radius 1 is 1.00 bits per heavy atom. The van der Waals surface area contributed by atoms with Gasteiger partial charge in [-0.05, 0) is 61.9 Å². The van der Waals surface area contributed by atoms with Gasteiger partial charge in [-0.3, -0.25) is 4.79 Å². The number of para-hydroxylation sites is 1. The van der Waals surface area contributed by atoms with Crippen LogP contribution in [0.2, 0.25) is 0 Å². The van der Waals surface area contributed by atoms with Crippen LogP contribution in [-0.2, 0) is 14.3 Å².